The van der Waals surface area contributed by atoms with Crippen LogP contribution in [0.5, 0.6) is 0 Å². The molecule has 25 heavy (non-hydrogen) atoms. The molecule has 3 heteroatoms. The first-order valence-corrected chi connectivity index (χ1v) is 9.85. The fourth-order valence-corrected chi connectivity index (χ4v) is 4.18. The molecule has 142 valence electrons. The quantitative estimate of drug-likeness (QED) is 0.471. The number of fused-ring (bicyclic) bond motifs is 2. The first-order valence-electron chi connectivity index (χ1n) is 9.85. The Balaban J connectivity index is 2.35. The molecule has 0 aromatic rings. The van der Waals surface area contributed by atoms with Crippen molar-refractivity contribution < 1.29 is 14.3 Å². The minimum absolute atomic E-state index is 0.148. The highest BCUT2D eigenvalue weighted by Gasteiger charge is 2.52. The third-order valence-electron chi connectivity index (χ3n) is 6.15. The van der Waals surface area contributed by atoms with Crippen molar-refractivity contribution in [3.63, 3.8) is 0 Å². The Labute approximate surface area is 153 Å². The monoisotopic (exact) mass is 348 g/mol. The summed E-state index contributed by atoms with van der Waals surface area (Å²) in [4.78, 5) is 11.7. The van der Waals surface area contributed by atoms with Gasteiger partial charge < -0.3 is 9.47 Å². The molecule has 0 aromatic carbocycles. The van der Waals surface area contributed by atoms with Crippen LogP contribution >= 0.6 is 0 Å². The molecule has 0 radical (unpaired) electrons. The lowest BCUT2D eigenvalue weighted by Crippen LogP contribution is -2.46. The van der Waals surface area contributed by atoms with Crippen molar-refractivity contribution in [2.45, 2.75) is 104 Å². The van der Waals surface area contributed by atoms with E-state index in [1.54, 1.807) is 0 Å². The van der Waals surface area contributed by atoms with E-state index in [0.717, 1.165) is 44.9 Å². The maximum atomic E-state index is 11.7. The third kappa shape index (κ3) is 4.97. The highest BCUT2D eigenvalue weighted by molar-refractivity contribution is 5.66. The SMILES string of the molecule is CC(=O)O[C@H]1CCC(C)=CCC/C(C)=C\C[C@]2(C(C)C)CC[C@@]1(C)O2. The predicted molar refractivity (Wildman–Crippen MR) is 102 cm³/mol. The Hall–Kier alpha value is -1.09. The van der Waals surface area contributed by atoms with Crippen molar-refractivity contribution in [3.05, 3.63) is 23.3 Å². The normalized spacial score (nSPS) is 36.5. The van der Waals surface area contributed by atoms with Crippen molar-refractivity contribution in [3.8, 4) is 0 Å². The molecule has 2 aliphatic rings. The molecule has 0 saturated carbocycles. The van der Waals surface area contributed by atoms with Crippen LogP contribution in [0.3, 0.4) is 0 Å². The fraction of sp³-hybridized carbons (Fsp3) is 0.773. The van der Waals surface area contributed by atoms with E-state index in [1.165, 1.54) is 18.1 Å². The van der Waals surface area contributed by atoms with Crippen molar-refractivity contribution in [1.29, 1.82) is 0 Å². The van der Waals surface area contributed by atoms with Gasteiger partial charge in [0, 0.05) is 6.92 Å². The number of carbonyl (C=O) groups excluding carboxylic acids is 1. The summed E-state index contributed by atoms with van der Waals surface area (Å²) in [5.74, 6) is 0.222. The Bertz CT molecular complexity index is 545. The van der Waals surface area contributed by atoms with E-state index in [1.807, 2.05) is 0 Å². The summed E-state index contributed by atoms with van der Waals surface area (Å²) in [5.41, 5.74) is 2.27. The van der Waals surface area contributed by atoms with Crippen LogP contribution in [0, 0.1) is 5.92 Å². The second kappa shape index (κ2) is 8.07. The predicted octanol–water partition coefficient (Wildman–Crippen LogP) is 5.74. The lowest BCUT2D eigenvalue weighted by Gasteiger charge is -2.39. The molecule has 0 spiro atoms. The van der Waals surface area contributed by atoms with Crippen molar-refractivity contribution >= 4 is 5.97 Å². The Morgan fingerprint density at radius 3 is 2.52 bits per heavy atom. The lowest BCUT2D eigenvalue weighted by atomic mass is 9.82. The average Bonchev–Trinajstić information content (AvgIpc) is 2.88. The molecule has 0 aromatic heterocycles. The molecular weight excluding hydrogens is 312 g/mol. The van der Waals surface area contributed by atoms with Crippen molar-refractivity contribution in [2.75, 3.05) is 0 Å². The number of rotatable bonds is 2. The van der Waals surface area contributed by atoms with E-state index in [0.29, 0.717) is 5.92 Å². The number of carbonyl (C=O) groups is 1. The molecule has 0 aliphatic carbocycles. The smallest absolute Gasteiger partial charge is 0.303 e. The maximum Gasteiger partial charge on any atom is 0.303 e. The second-order valence-electron chi connectivity index (χ2n) is 8.61. The van der Waals surface area contributed by atoms with Crippen LogP contribution in [0.25, 0.3) is 0 Å². The van der Waals surface area contributed by atoms with Gasteiger partial charge >= 0.3 is 5.97 Å². The lowest BCUT2D eigenvalue weighted by molar-refractivity contribution is -0.186. The number of hydrogen-bond donors (Lipinski definition) is 0. The molecule has 0 N–H and O–H groups in total. The van der Waals surface area contributed by atoms with Gasteiger partial charge in [-0.05, 0) is 71.6 Å². The molecule has 2 aliphatic heterocycles. The van der Waals surface area contributed by atoms with Gasteiger partial charge in [0.25, 0.3) is 0 Å². The number of allylic oxidation sites excluding steroid dienone is 3. The molecule has 3 nitrogen and oxygen atoms in total. The van der Waals surface area contributed by atoms with Gasteiger partial charge in [-0.1, -0.05) is 37.1 Å². The molecule has 2 bridgehead atoms. The van der Waals surface area contributed by atoms with Crippen molar-refractivity contribution in [2.24, 2.45) is 5.92 Å². The van der Waals surface area contributed by atoms with Gasteiger partial charge in [0.15, 0.2) is 0 Å². The highest BCUT2D eigenvalue weighted by atomic mass is 16.6. The summed E-state index contributed by atoms with van der Waals surface area (Å²) in [5, 5.41) is 0. The van der Waals surface area contributed by atoms with E-state index in [4.69, 9.17) is 9.47 Å². The van der Waals surface area contributed by atoms with E-state index in [9.17, 15) is 4.79 Å². The van der Waals surface area contributed by atoms with Gasteiger partial charge in [-0.25, -0.2) is 0 Å². The minimum atomic E-state index is -0.397. The van der Waals surface area contributed by atoms with Crippen LogP contribution in [0.4, 0.5) is 0 Å². The molecule has 0 unspecified atom stereocenters. The van der Waals surface area contributed by atoms with Crippen molar-refractivity contribution in [1.82, 2.24) is 0 Å². The molecule has 1 fully saturated rings. The van der Waals surface area contributed by atoms with Gasteiger partial charge in [-0.2, -0.15) is 0 Å². The fourth-order valence-electron chi connectivity index (χ4n) is 4.18. The Kier molecular flexibility index (Phi) is 6.53. The Morgan fingerprint density at radius 2 is 1.88 bits per heavy atom. The summed E-state index contributed by atoms with van der Waals surface area (Å²) in [6, 6.07) is 0. The maximum absolute atomic E-state index is 11.7. The standard InChI is InChI=1S/C22H36O3/c1-16(2)22-13-12-18(4)9-7-8-17(3)10-11-20(24-19(5)23)21(6,25-22)14-15-22/h8,12,16,20H,7,9-11,13-15H2,1-6H3/b17-8?,18-12-/t20-,21+,22+/m0/s1. The molecule has 1 saturated heterocycles. The zero-order valence-corrected chi connectivity index (χ0v) is 17.0. The van der Waals surface area contributed by atoms with Gasteiger partial charge in [-0.15, -0.1) is 0 Å². The molecule has 2 rings (SSSR count). The minimum Gasteiger partial charge on any atom is -0.459 e. The summed E-state index contributed by atoms with van der Waals surface area (Å²) in [6.45, 7) is 12.6. The summed E-state index contributed by atoms with van der Waals surface area (Å²) in [7, 11) is 0. The van der Waals surface area contributed by atoms with E-state index in [2.05, 4.69) is 46.8 Å². The molecule has 2 heterocycles. The van der Waals surface area contributed by atoms with Gasteiger partial charge in [0.05, 0.1) is 5.60 Å². The number of hydrogen-bond acceptors (Lipinski definition) is 3. The summed E-state index contributed by atoms with van der Waals surface area (Å²) in [6.07, 6.45) is 11.4. The first kappa shape index (κ1) is 20.2. The van der Waals surface area contributed by atoms with Crippen LogP contribution in [0.15, 0.2) is 23.3 Å². The molecule has 0 amide bonds. The molecule has 3 atom stereocenters. The van der Waals surface area contributed by atoms with Crippen LogP contribution in [-0.4, -0.2) is 23.3 Å². The average molecular weight is 349 g/mol. The largest absolute Gasteiger partial charge is 0.459 e. The van der Waals surface area contributed by atoms with E-state index in [-0.39, 0.29) is 17.7 Å². The van der Waals surface area contributed by atoms with E-state index < -0.39 is 5.60 Å². The first-order chi connectivity index (χ1) is 11.7. The van der Waals surface area contributed by atoms with Gasteiger partial charge in [0.1, 0.15) is 11.7 Å². The third-order valence-corrected chi connectivity index (χ3v) is 6.15. The topological polar surface area (TPSA) is 35.5 Å². The zero-order valence-electron chi connectivity index (χ0n) is 17.0. The number of ether oxygens (including phenoxy) is 2. The van der Waals surface area contributed by atoms with Crippen LogP contribution in [0.1, 0.15) is 86.5 Å². The zero-order chi connectivity index (χ0) is 18.7. The van der Waals surface area contributed by atoms with Crippen LogP contribution < -0.4 is 0 Å². The number of esters is 1. The van der Waals surface area contributed by atoms with Crippen LogP contribution in [-0.2, 0) is 14.3 Å². The highest BCUT2D eigenvalue weighted by Crippen LogP contribution is 2.48. The van der Waals surface area contributed by atoms with Crippen LogP contribution in [0.2, 0.25) is 0 Å². The second-order valence-corrected chi connectivity index (χ2v) is 8.61. The molecular formula is C22H36O3. The van der Waals surface area contributed by atoms with Gasteiger partial charge in [0.2, 0.25) is 0 Å². The Morgan fingerprint density at radius 1 is 1.20 bits per heavy atom. The van der Waals surface area contributed by atoms with E-state index >= 15 is 0 Å². The van der Waals surface area contributed by atoms with Gasteiger partial charge in [-0.3, -0.25) is 4.79 Å². The summed E-state index contributed by atoms with van der Waals surface area (Å²) >= 11 is 0. The summed E-state index contributed by atoms with van der Waals surface area (Å²) < 4.78 is 12.5.